The number of nitrogens with zero attached hydrogens (tertiary/aromatic N) is 2. The van der Waals surface area contributed by atoms with Gasteiger partial charge in [0.05, 0.1) is 0 Å². The average molecular weight is 243 g/mol. The molecule has 0 aliphatic carbocycles. The maximum Gasteiger partial charge on any atom is 0.326 e. The third-order valence-electron chi connectivity index (χ3n) is 2.05. The van der Waals surface area contributed by atoms with E-state index in [2.05, 4.69) is 29.4 Å². The van der Waals surface area contributed by atoms with Gasteiger partial charge in [0.15, 0.2) is 0 Å². The second-order valence-corrected chi connectivity index (χ2v) is 5.10. The summed E-state index contributed by atoms with van der Waals surface area (Å²) < 4.78 is 0. The summed E-state index contributed by atoms with van der Waals surface area (Å²) in [6.45, 7) is 6.04. The SMILES string of the molecule is CCC(Nc1nnc(CC(C)C)s1)C(=O)O. The van der Waals surface area contributed by atoms with Gasteiger partial charge in [-0.25, -0.2) is 4.79 Å². The summed E-state index contributed by atoms with van der Waals surface area (Å²) in [7, 11) is 0. The highest BCUT2D eigenvalue weighted by atomic mass is 32.1. The summed E-state index contributed by atoms with van der Waals surface area (Å²) in [5, 5.41) is 21.2. The fourth-order valence-corrected chi connectivity index (χ4v) is 2.24. The van der Waals surface area contributed by atoms with E-state index in [1.165, 1.54) is 11.3 Å². The molecule has 0 bridgehead atoms. The van der Waals surface area contributed by atoms with Gasteiger partial charge in [-0.3, -0.25) is 0 Å². The molecule has 0 radical (unpaired) electrons. The second kappa shape index (κ2) is 5.79. The highest BCUT2D eigenvalue weighted by Crippen LogP contribution is 2.19. The number of hydrogen-bond acceptors (Lipinski definition) is 5. The van der Waals surface area contributed by atoms with E-state index in [1.54, 1.807) is 0 Å². The summed E-state index contributed by atoms with van der Waals surface area (Å²) >= 11 is 1.43. The number of aliphatic carboxylic acids is 1. The third-order valence-corrected chi connectivity index (χ3v) is 2.93. The van der Waals surface area contributed by atoms with Gasteiger partial charge in [-0.2, -0.15) is 0 Å². The van der Waals surface area contributed by atoms with Gasteiger partial charge in [0.2, 0.25) is 5.13 Å². The number of aromatic nitrogens is 2. The Bertz CT molecular complexity index is 352. The molecular formula is C10H17N3O2S. The van der Waals surface area contributed by atoms with Crippen LogP contribution in [0.2, 0.25) is 0 Å². The number of carboxylic acids is 1. The molecule has 1 unspecified atom stereocenters. The third kappa shape index (κ3) is 3.77. The largest absolute Gasteiger partial charge is 0.480 e. The smallest absolute Gasteiger partial charge is 0.326 e. The minimum atomic E-state index is -0.858. The van der Waals surface area contributed by atoms with E-state index in [0.717, 1.165) is 11.4 Å². The van der Waals surface area contributed by atoms with Crippen molar-refractivity contribution in [2.45, 2.75) is 39.7 Å². The van der Waals surface area contributed by atoms with Gasteiger partial charge < -0.3 is 10.4 Å². The lowest BCUT2D eigenvalue weighted by molar-refractivity contribution is -0.137. The summed E-state index contributed by atoms with van der Waals surface area (Å²) in [6, 6.07) is -0.583. The first kappa shape index (κ1) is 12.9. The van der Waals surface area contributed by atoms with Crippen LogP contribution in [-0.2, 0) is 11.2 Å². The molecule has 90 valence electrons. The minimum Gasteiger partial charge on any atom is -0.480 e. The van der Waals surface area contributed by atoms with Crippen molar-refractivity contribution in [1.29, 1.82) is 0 Å². The van der Waals surface area contributed by atoms with E-state index in [4.69, 9.17) is 5.11 Å². The molecule has 0 aromatic carbocycles. The first-order valence-electron chi connectivity index (χ1n) is 5.34. The zero-order valence-corrected chi connectivity index (χ0v) is 10.5. The number of carbonyl (C=O) groups is 1. The molecule has 0 fully saturated rings. The van der Waals surface area contributed by atoms with Crippen molar-refractivity contribution in [3.05, 3.63) is 5.01 Å². The topological polar surface area (TPSA) is 75.1 Å². The first-order chi connectivity index (χ1) is 7.52. The number of nitrogens with one attached hydrogen (secondary N) is 1. The lowest BCUT2D eigenvalue weighted by Gasteiger charge is -2.09. The molecule has 1 rings (SSSR count). The van der Waals surface area contributed by atoms with E-state index < -0.39 is 12.0 Å². The van der Waals surface area contributed by atoms with Gasteiger partial charge in [-0.05, 0) is 12.3 Å². The molecule has 6 heteroatoms. The van der Waals surface area contributed by atoms with Crippen molar-refractivity contribution in [2.24, 2.45) is 5.92 Å². The molecule has 0 spiro atoms. The van der Waals surface area contributed by atoms with Crippen LogP contribution in [0.3, 0.4) is 0 Å². The standard InChI is InChI=1S/C10H17N3O2S/c1-4-7(9(14)15)11-10-13-12-8(16-10)5-6(2)3/h6-7H,4-5H2,1-3H3,(H,11,13)(H,14,15). The Labute approximate surface area is 98.9 Å². The number of anilines is 1. The highest BCUT2D eigenvalue weighted by Gasteiger charge is 2.16. The second-order valence-electron chi connectivity index (χ2n) is 4.04. The minimum absolute atomic E-state index is 0.522. The van der Waals surface area contributed by atoms with E-state index in [1.807, 2.05) is 6.92 Å². The van der Waals surface area contributed by atoms with E-state index >= 15 is 0 Å². The molecule has 0 aliphatic heterocycles. The molecule has 16 heavy (non-hydrogen) atoms. The molecule has 2 N–H and O–H groups in total. The molecule has 0 saturated heterocycles. The number of rotatable bonds is 6. The summed E-state index contributed by atoms with van der Waals surface area (Å²) in [4.78, 5) is 10.8. The van der Waals surface area contributed by atoms with Crippen molar-refractivity contribution >= 4 is 22.4 Å². The van der Waals surface area contributed by atoms with Crippen molar-refractivity contribution < 1.29 is 9.90 Å². The summed E-state index contributed by atoms with van der Waals surface area (Å²) in [6.07, 6.45) is 1.40. The molecule has 1 heterocycles. The Morgan fingerprint density at radius 2 is 2.19 bits per heavy atom. The van der Waals surface area contributed by atoms with Crippen LogP contribution in [-0.4, -0.2) is 27.3 Å². The summed E-state index contributed by atoms with van der Waals surface area (Å²) in [5.74, 6) is -0.328. The molecular weight excluding hydrogens is 226 g/mol. The molecule has 1 aromatic heterocycles. The van der Waals surface area contributed by atoms with Crippen LogP contribution >= 0.6 is 11.3 Å². The summed E-state index contributed by atoms with van der Waals surface area (Å²) in [5.41, 5.74) is 0. The lowest BCUT2D eigenvalue weighted by atomic mass is 10.1. The Morgan fingerprint density at radius 3 is 2.69 bits per heavy atom. The molecule has 0 aliphatic rings. The van der Waals surface area contributed by atoms with Crippen molar-refractivity contribution in [3.8, 4) is 0 Å². The zero-order chi connectivity index (χ0) is 12.1. The van der Waals surface area contributed by atoms with Gasteiger partial charge >= 0.3 is 5.97 Å². The molecule has 5 nitrogen and oxygen atoms in total. The fraction of sp³-hybridized carbons (Fsp3) is 0.700. The van der Waals surface area contributed by atoms with Crippen LogP contribution in [0.1, 0.15) is 32.2 Å². The van der Waals surface area contributed by atoms with Crippen LogP contribution in [0.25, 0.3) is 0 Å². The van der Waals surface area contributed by atoms with E-state index in [9.17, 15) is 4.79 Å². The molecule has 0 amide bonds. The zero-order valence-electron chi connectivity index (χ0n) is 9.73. The highest BCUT2D eigenvalue weighted by molar-refractivity contribution is 7.15. The van der Waals surface area contributed by atoms with Gasteiger partial charge in [0, 0.05) is 6.42 Å². The van der Waals surface area contributed by atoms with Crippen molar-refractivity contribution in [3.63, 3.8) is 0 Å². The van der Waals surface area contributed by atoms with Gasteiger partial charge in [-0.15, -0.1) is 10.2 Å². The van der Waals surface area contributed by atoms with Gasteiger partial charge in [-0.1, -0.05) is 32.1 Å². The van der Waals surface area contributed by atoms with E-state index in [-0.39, 0.29) is 0 Å². The Morgan fingerprint density at radius 1 is 1.50 bits per heavy atom. The number of hydrogen-bond donors (Lipinski definition) is 2. The average Bonchev–Trinajstić information content (AvgIpc) is 2.60. The Balaban J connectivity index is 2.60. The van der Waals surface area contributed by atoms with Crippen LogP contribution in [0, 0.1) is 5.92 Å². The van der Waals surface area contributed by atoms with Gasteiger partial charge in [0.25, 0.3) is 0 Å². The Kier molecular flexibility index (Phi) is 4.67. The van der Waals surface area contributed by atoms with Gasteiger partial charge in [0.1, 0.15) is 11.0 Å². The predicted octanol–water partition coefficient (Wildman–Crippen LogP) is 2.01. The molecule has 1 aromatic rings. The first-order valence-corrected chi connectivity index (χ1v) is 6.16. The van der Waals surface area contributed by atoms with Crippen LogP contribution in [0.5, 0.6) is 0 Å². The van der Waals surface area contributed by atoms with Crippen LogP contribution in [0.4, 0.5) is 5.13 Å². The maximum absolute atomic E-state index is 10.8. The monoisotopic (exact) mass is 243 g/mol. The number of carboxylic acid groups (broad SMARTS) is 1. The lowest BCUT2D eigenvalue weighted by Crippen LogP contribution is -2.28. The predicted molar refractivity (Wildman–Crippen MR) is 63.8 cm³/mol. The van der Waals surface area contributed by atoms with Crippen LogP contribution in [0.15, 0.2) is 0 Å². The quantitative estimate of drug-likeness (QED) is 0.799. The van der Waals surface area contributed by atoms with E-state index in [0.29, 0.717) is 17.5 Å². The maximum atomic E-state index is 10.8. The fourth-order valence-electron chi connectivity index (χ4n) is 1.23. The normalized spacial score (nSPS) is 12.8. The van der Waals surface area contributed by atoms with Crippen molar-refractivity contribution in [1.82, 2.24) is 10.2 Å². The molecule has 0 saturated carbocycles. The van der Waals surface area contributed by atoms with Crippen LogP contribution < -0.4 is 5.32 Å². The Hall–Kier alpha value is -1.17. The van der Waals surface area contributed by atoms with Crippen molar-refractivity contribution in [2.75, 3.05) is 5.32 Å². The molecule has 1 atom stereocenters.